The van der Waals surface area contributed by atoms with Crippen LogP contribution in [0, 0.1) is 5.92 Å². The molecule has 21 heavy (non-hydrogen) atoms. The summed E-state index contributed by atoms with van der Waals surface area (Å²) in [6, 6.07) is 11.5. The first kappa shape index (κ1) is 16.5. The Hall–Kier alpha value is -0.860. The zero-order valence-corrected chi connectivity index (χ0v) is 13.9. The lowest BCUT2D eigenvalue weighted by molar-refractivity contribution is 0.151. The van der Waals surface area contributed by atoms with Gasteiger partial charge >= 0.3 is 0 Å². The SMILES string of the molecule is CCCN1CCCC(C(C)NCCCc2ccccc2)C1. The third-order valence-electron chi connectivity index (χ3n) is 4.74. The minimum atomic E-state index is 0.653. The maximum atomic E-state index is 3.76. The fraction of sp³-hybridized carbons (Fsp3) is 0.684. The molecular weight excluding hydrogens is 256 g/mol. The van der Waals surface area contributed by atoms with E-state index in [1.54, 1.807) is 0 Å². The Bertz CT molecular complexity index is 374. The monoisotopic (exact) mass is 288 g/mol. The standard InChI is InChI=1S/C19H32N2/c1-3-14-21-15-8-12-19(16-21)17(2)20-13-7-11-18-9-5-4-6-10-18/h4-6,9-10,17,19-20H,3,7-8,11-16H2,1-2H3. The van der Waals surface area contributed by atoms with Crippen LogP contribution in [0.3, 0.4) is 0 Å². The molecule has 0 bridgehead atoms. The lowest BCUT2D eigenvalue weighted by Gasteiger charge is -2.36. The van der Waals surface area contributed by atoms with E-state index in [1.165, 1.54) is 57.3 Å². The molecule has 0 aliphatic carbocycles. The zero-order valence-electron chi connectivity index (χ0n) is 13.9. The predicted octanol–water partition coefficient (Wildman–Crippen LogP) is 3.72. The Morgan fingerprint density at radius 1 is 1.29 bits per heavy atom. The Kier molecular flexibility index (Phi) is 7.25. The molecule has 2 heteroatoms. The molecule has 2 atom stereocenters. The molecule has 2 unspecified atom stereocenters. The number of rotatable bonds is 8. The van der Waals surface area contributed by atoms with Gasteiger partial charge in [0.25, 0.3) is 0 Å². The van der Waals surface area contributed by atoms with Gasteiger partial charge in [0.15, 0.2) is 0 Å². The molecule has 118 valence electrons. The predicted molar refractivity (Wildman–Crippen MR) is 91.7 cm³/mol. The summed E-state index contributed by atoms with van der Waals surface area (Å²) in [5.74, 6) is 0.835. The van der Waals surface area contributed by atoms with Gasteiger partial charge in [0.05, 0.1) is 0 Å². The number of nitrogens with one attached hydrogen (secondary N) is 1. The summed E-state index contributed by atoms with van der Waals surface area (Å²) in [4.78, 5) is 2.65. The average molecular weight is 288 g/mol. The zero-order chi connectivity index (χ0) is 14.9. The van der Waals surface area contributed by atoms with E-state index in [0.29, 0.717) is 6.04 Å². The topological polar surface area (TPSA) is 15.3 Å². The Morgan fingerprint density at radius 3 is 2.86 bits per heavy atom. The minimum Gasteiger partial charge on any atom is -0.314 e. The van der Waals surface area contributed by atoms with Crippen molar-refractivity contribution in [1.29, 1.82) is 0 Å². The van der Waals surface area contributed by atoms with Gasteiger partial charge in [0.1, 0.15) is 0 Å². The lowest BCUT2D eigenvalue weighted by Crippen LogP contribution is -2.44. The van der Waals surface area contributed by atoms with E-state index in [1.807, 2.05) is 0 Å². The van der Waals surface area contributed by atoms with Crippen molar-refractivity contribution in [3.05, 3.63) is 35.9 Å². The van der Waals surface area contributed by atoms with Crippen LogP contribution in [0.4, 0.5) is 0 Å². The molecule has 1 aromatic rings. The van der Waals surface area contributed by atoms with Crippen LogP contribution in [-0.2, 0) is 6.42 Å². The second-order valence-corrected chi connectivity index (χ2v) is 6.53. The summed E-state index contributed by atoms with van der Waals surface area (Å²) >= 11 is 0. The number of piperidine rings is 1. The highest BCUT2D eigenvalue weighted by Crippen LogP contribution is 2.19. The van der Waals surface area contributed by atoms with Gasteiger partial charge in [-0.15, -0.1) is 0 Å². The first-order chi connectivity index (χ1) is 10.3. The molecule has 0 amide bonds. The maximum absolute atomic E-state index is 3.76. The van der Waals surface area contributed by atoms with Gasteiger partial charge in [-0.05, 0) is 70.1 Å². The van der Waals surface area contributed by atoms with Crippen LogP contribution < -0.4 is 5.32 Å². The Balaban J connectivity index is 1.63. The maximum Gasteiger partial charge on any atom is 0.00792 e. The Labute approximate surface area is 130 Å². The summed E-state index contributed by atoms with van der Waals surface area (Å²) in [5.41, 5.74) is 1.46. The molecule has 0 aromatic heterocycles. The van der Waals surface area contributed by atoms with Gasteiger partial charge in [0, 0.05) is 12.6 Å². The van der Waals surface area contributed by atoms with Gasteiger partial charge in [-0.25, -0.2) is 0 Å². The fourth-order valence-electron chi connectivity index (χ4n) is 3.45. The summed E-state index contributed by atoms with van der Waals surface area (Å²) in [6.45, 7) is 9.68. The van der Waals surface area contributed by atoms with Crippen LogP contribution in [0.5, 0.6) is 0 Å². The molecule has 1 aromatic carbocycles. The van der Waals surface area contributed by atoms with Crippen molar-refractivity contribution in [2.45, 2.75) is 52.0 Å². The molecule has 1 aliphatic heterocycles. The summed E-state index contributed by atoms with van der Waals surface area (Å²) in [7, 11) is 0. The highest BCUT2D eigenvalue weighted by molar-refractivity contribution is 5.14. The molecule has 0 spiro atoms. The molecule has 0 radical (unpaired) electrons. The van der Waals surface area contributed by atoms with E-state index in [0.717, 1.165) is 12.5 Å². The van der Waals surface area contributed by atoms with Crippen molar-refractivity contribution < 1.29 is 0 Å². The summed E-state index contributed by atoms with van der Waals surface area (Å²) < 4.78 is 0. The van der Waals surface area contributed by atoms with Crippen LogP contribution in [0.15, 0.2) is 30.3 Å². The van der Waals surface area contributed by atoms with Crippen LogP contribution in [0.2, 0.25) is 0 Å². The minimum absolute atomic E-state index is 0.653. The second-order valence-electron chi connectivity index (χ2n) is 6.53. The lowest BCUT2D eigenvalue weighted by atomic mass is 9.91. The van der Waals surface area contributed by atoms with E-state index in [2.05, 4.69) is 54.4 Å². The molecule has 1 heterocycles. The molecule has 1 fully saturated rings. The number of benzene rings is 1. The summed E-state index contributed by atoms with van der Waals surface area (Å²) in [5, 5.41) is 3.76. The molecular formula is C19H32N2. The molecule has 0 saturated carbocycles. The normalized spacial score (nSPS) is 21.3. The largest absolute Gasteiger partial charge is 0.314 e. The van der Waals surface area contributed by atoms with Crippen molar-refractivity contribution in [3.8, 4) is 0 Å². The Morgan fingerprint density at radius 2 is 2.10 bits per heavy atom. The van der Waals surface area contributed by atoms with E-state index >= 15 is 0 Å². The highest BCUT2D eigenvalue weighted by Gasteiger charge is 2.23. The van der Waals surface area contributed by atoms with Gasteiger partial charge in [-0.3, -0.25) is 0 Å². The van der Waals surface area contributed by atoms with Crippen molar-refractivity contribution in [2.75, 3.05) is 26.2 Å². The van der Waals surface area contributed by atoms with E-state index in [9.17, 15) is 0 Å². The molecule has 2 rings (SSSR count). The number of likely N-dealkylation sites (tertiary alicyclic amines) is 1. The van der Waals surface area contributed by atoms with Gasteiger partial charge in [0.2, 0.25) is 0 Å². The number of hydrogen-bond donors (Lipinski definition) is 1. The van der Waals surface area contributed by atoms with Crippen molar-refractivity contribution in [1.82, 2.24) is 10.2 Å². The highest BCUT2D eigenvalue weighted by atomic mass is 15.1. The molecule has 1 saturated heterocycles. The fourth-order valence-corrected chi connectivity index (χ4v) is 3.45. The molecule has 1 N–H and O–H groups in total. The van der Waals surface area contributed by atoms with Crippen molar-refractivity contribution in [2.24, 2.45) is 5.92 Å². The smallest absolute Gasteiger partial charge is 0.00792 e. The molecule has 2 nitrogen and oxygen atoms in total. The number of hydrogen-bond acceptors (Lipinski definition) is 2. The quantitative estimate of drug-likeness (QED) is 0.733. The average Bonchev–Trinajstić information content (AvgIpc) is 2.53. The van der Waals surface area contributed by atoms with Gasteiger partial charge in [-0.1, -0.05) is 37.3 Å². The third-order valence-corrected chi connectivity index (χ3v) is 4.74. The van der Waals surface area contributed by atoms with Crippen molar-refractivity contribution in [3.63, 3.8) is 0 Å². The third kappa shape index (κ3) is 5.80. The van der Waals surface area contributed by atoms with E-state index < -0.39 is 0 Å². The first-order valence-electron chi connectivity index (χ1n) is 8.79. The van der Waals surface area contributed by atoms with Crippen LogP contribution >= 0.6 is 0 Å². The van der Waals surface area contributed by atoms with E-state index in [-0.39, 0.29) is 0 Å². The van der Waals surface area contributed by atoms with Gasteiger partial charge in [-0.2, -0.15) is 0 Å². The van der Waals surface area contributed by atoms with Crippen LogP contribution in [0.25, 0.3) is 0 Å². The van der Waals surface area contributed by atoms with Crippen LogP contribution in [-0.4, -0.2) is 37.1 Å². The number of nitrogens with zero attached hydrogens (tertiary/aromatic N) is 1. The van der Waals surface area contributed by atoms with Crippen molar-refractivity contribution >= 4 is 0 Å². The number of aryl methyl sites for hydroxylation is 1. The molecule has 1 aliphatic rings. The van der Waals surface area contributed by atoms with Gasteiger partial charge < -0.3 is 10.2 Å². The van der Waals surface area contributed by atoms with Crippen LogP contribution in [0.1, 0.15) is 45.1 Å². The van der Waals surface area contributed by atoms with E-state index in [4.69, 9.17) is 0 Å². The summed E-state index contributed by atoms with van der Waals surface area (Å²) in [6.07, 6.45) is 6.48. The second kappa shape index (κ2) is 9.22. The first-order valence-corrected chi connectivity index (χ1v) is 8.79.